The van der Waals surface area contributed by atoms with Crippen molar-refractivity contribution in [3.63, 3.8) is 0 Å². The number of aromatic hydroxyl groups is 1. The maximum atomic E-state index is 12.6. The molecule has 6 nitrogen and oxygen atoms in total. The molecule has 4 rings (SSSR count). The van der Waals surface area contributed by atoms with Crippen LogP contribution >= 0.6 is 11.6 Å². The van der Waals surface area contributed by atoms with Crippen LogP contribution in [0.5, 0.6) is 5.75 Å². The lowest BCUT2D eigenvalue weighted by Crippen LogP contribution is -2.09. The summed E-state index contributed by atoms with van der Waals surface area (Å²) in [7, 11) is 1.82. The van der Waals surface area contributed by atoms with E-state index < -0.39 is 5.56 Å². The molecule has 132 valence electrons. The molecule has 0 unspecified atom stereocenters. The van der Waals surface area contributed by atoms with Crippen LogP contribution in [0.3, 0.4) is 0 Å². The first-order chi connectivity index (χ1) is 13.0. The van der Waals surface area contributed by atoms with Crippen LogP contribution in [0.1, 0.15) is 5.56 Å². The van der Waals surface area contributed by atoms with E-state index in [1.165, 1.54) is 12.1 Å². The predicted molar refractivity (Wildman–Crippen MR) is 104 cm³/mol. The first-order valence-corrected chi connectivity index (χ1v) is 8.44. The third-order valence-electron chi connectivity index (χ3n) is 4.38. The van der Waals surface area contributed by atoms with Crippen LogP contribution < -0.4 is 5.56 Å². The summed E-state index contributed by atoms with van der Waals surface area (Å²) < 4.78 is 1.69. The SMILES string of the molecule is Cn1cc(-c2cccc(-c3c(O)c4cc(C#N)c(Cl)cc4[nH]c3=O)c2)cn1. The van der Waals surface area contributed by atoms with Crippen LogP contribution in [0.4, 0.5) is 0 Å². The highest BCUT2D eigenvalue weighted by atomic mass is 35.5. The highest BCUT2D eigenvalue weighted by Crippen LogP contribution is 2.35. The number of aromatic nitrogens is 3. The maximum absolute atomic E-state index is 12.6. The molecule has 0 atom stereocenters. The lowest BCUT2D eigenvalue weighted by molar-refractivity contribution is 0.482. The standard InChI is InChI=1S/C20H13ClN4O2/c1-25-10-14(9-23-25)11-3-2-4-12(5-11)18-19(26)15-6-13(8-22)16(21)7-17(15)24-20(18)27/h2-7,9-10H,1H3,(H2,24,26,27). The molecule has 27 heavy (non-hydrogen) atoms. The van der Waals surface area contributed by atoms with Gasteiger partial charge in [-0.05, 0) is 29.3 Å². The molecule has 0 saturated heterocycles. The second kappa shape index (κ2) is 6.31. The van der Waals surface area contributed by atoms with Crippen LogP contribution in [-0.2, 0) is 7.05 Å². The van der Waals surface area contributed by atoms with Crippen LogP contribution in [0, 0.1) is 11.3 Å². The normalized spacial score (nSPS) is 10.9. The van der Waals surface area contributed by atoms with Crippen LogP contribution in [0.15, 0.2) is 53.6 Å². The van der Waals surface area contributed by atoms with E-state index in [9.17, 15) is 15.2 Å². The van der Waals surface area contributed by atoms with E-state index in [4.69, 9.17) is 11.6 Å². The highest BCUT2D eigenvalue weighted by molar-refractivity contribution is 6.32. The Morgan fingerprint density at radius 2 is 2.00 bits per heavy atom. The van der Waals surface area contributed by atoms with Crippen molar-refractivity contribution in [3.8, 4) is 34.1 Å². The molecule has 4 aromatic rings. The molecule has 0 spiro atoms. The number of pyridine rings is 1. The summed E-state index contributed by atoms with van der Waals surface area (Å²) in [5.41, 5.74) is 2.62. The van der Waals surface area contributed by atoms with Gasteiger partial charge in [-0.2, -0.15) is 10.4 Å². The number of hydrogen-bond donors (Lipinski definition) is 2. The molecule has 2 N–H and O–H groups in total. The number of nitrogens with zero attached hydrogens (tertiary/aromatic N) is 3. The fraction of sp³-hybridized carbons (Fsp3) is 0.0500. The number of rotatable bonds is 2. The number of H-pyrrole nitrogens is 1. The average molecular weight is 377 g/mol. The molecular formula is C20H13ClN4O2. The zero-order valence-electron chi connectivity index (χ0n) is 14.2. The Morgan fingerprint density at radius 3 is 2.70 bits per heavy atom. The number of hydrogen-bond acceptors (Lipinski definition) is 4. The Labute approximate surface area is 158 Å². The van der Waals surface area contributed by atoms with Gasteiger partial charge in [-0.25, -0.2) is 0 Å². The van der Waals surface area contributed by atoms with Crippen molar-refractivity contribution in [1.82, 2.24) is 14.8 Å². The number of nitrogens with one attached hydrogen (secondary N) is 1. The molecule has 0 bridgehead atoms. The van der Waals surface area contributed by atoms with Crippen molar-refractivity contribution in [3.05, 3.63) is 69.7 Å². The first kappa shape index (κ1) is 16.9. The van der Waals surface area contributed by atoms with Crippen molar-refractivity contribution < 1.29 is 5.11 Å². The molecule has 2 heterocycles. The molecule has 0 aliphatic rings. The lowest BCUT2D eigenvalue weighted by Gasteiger charge is -2.10. The van der Waals surface area contributed by atoms with Gasteiger partial charge in [0.05, 0.1) is 27.9 Å². The molecule has 0 aliphatic heterocycles. The van der Waals surface area contributed by atoms with Gasteiger partial charge in [0.25, 0.3) is 5.56 Å². The van der Waals surface area contributed by atoms with Gasteiger partial charge in [0.1, 0.15) is 11.8 Å². The lowest BCUT2D eigenvalue weighted by atomic mass is 9.99. The minimum atomic E-state index is -0.441. The van der Waals surface area contributed by atoms with Crippen molar-refractivity contribution >= 4 is 22.5 Å². The topological polar surface area (TPSA) is 94.7 Å². The summed E-state index contributed by atoms with van der Waals surface area (Å²) in [4.78, 5) is 15.4. The Balaban J connectivity index is 1.95. The fourth-order valence-corrected chi connectivity index (χ4v) is 3.28. The molecule has 0 saturated carbocycles. The van der Waals surface area contributed by atoms with Gasteiger partial charge in [0.2, 0.25) is 0 Å². The summed E-state index contributed by atoms with van der Waals surface area (Å²) in [5.74, 6) is -0.190. The second-order valence-electron chi connectivity index (χ2n) is 6.15. The number of benzene rings is 2. The summed E-state index contributed by atoms with van der Waals surface area (Å²) in [6.45, 7) is 0. The molecule has 0 amide bonds. The van der Waals surface area contributed by atoms with E-state index in [-0.39, 0.29) is 21.9 Å². The van der Waals surface area contributed by atoms with Crippen LogP contribution in [-0.4, -0.2) is 19.9 Å². The van der Waals surface area contributed by atoms with Gasteiger partial charge in [0.15, 0.2) is 0 Å². The third-order valence-corrected chi connectivity index (χ3v) is 4.70. The summed E-state index contributed by atoms with van der Waals surface area (Å²) in [6.07, 6.45) is 3.59. The Bertz CT molecular complexity index is 1300. The predicted octanol–water partition coefficient (Wildman–Crippen LogP) is 3.83. The molecule has 0 fully saturated rings. The van der Waals surface area contributed by atoms with Crippen molar-refractivity contribution in [2.45, 2.75) is 0 Å². The monoisotopic (exact) mass is 376 g/mol. The quantitative estimate of drug-likeness (QED) is 0.556. The van der Waals surface area contributed by atoms with E-state index >= 15 is 0 Å². The van der Waals surface area contributed by atoms with Crippen molar-refractivity contribution in [2.24, 2.45) is 7.05 Å². The molecule has 7 heteroatoms. The third kappa shape index (κ3) is 2.84. The first-order valence-electron chi connectivity index (χ1n) is 8.06. The number of halogens is 1. The van der Waals surface area contributed by atoms with Crippen LogP contribution in [0.2, 0.25) is 5.02 Å². The van der Waals surface area contributed by atoms with Gasteiger partial charge >= 0.3 is 0 Å². The van der Waals surface area contributed by atoms with E-state index in [1.54, 1.807) is 16.9 Å². The van der Waals surface area contributed by atoms with Gasteiger partial charge < -0.3 is 10.1 Å². The summed E-state index contributed by atoms with van der Waals surface area (Å²) in [6, 6.07) is 12.2. The van der Waals surface area contributed by atoms with Gasteiger partial charge in [-0.15, -0.1) is 0 Å². The van der Waals surface area contributed by atoms with Gasteiger partial charge in [-0.3, -0.25) is 9.48 Å². The largest absolute Gasteiger partial charge is 0.506 e. The molecule has 0 radical (unpaired) electrons. The number of fused-ring (bicyclic) bond motifs is 1. The zero-order chi connectivity index (χ0) is 19.1. The minimum Gasteiger partial charge on any atom is -0.506 e. The Kier molecular flexibility index (Phi) is 3.94. The smallest absolute Gasteiger partial charge is 0.260 e. The zero-order valence-corrected chi connectivity index (χ0v) is 14.9. The number of aromatic amines is 1. The molecule has 0 aliphatic carbocycles. The summed E-state index contributed by atoms with van der Waals surface area (Å²) >= 11 is 6.02. The van der Waals surface area contributed by atoms with E-state index in [2.05, 4.69) is 10.1 Å². The van der Waals surface area contributed by atoms with E-state index in [0.29, 0.717) is 16.5 Å². The fourth-order valence-electron chi connectivity index (χ4n) is 3.08. The molecule has 2 aromatic heterocycles. The molecular weight excluding hydrogens is 364 g/mol. The molecule has 2 aromatic carbocycles. The highest BCUT2D eigenvalue weighted by Gasteiger charge is 2.16. The Hall–Kier alpha value is -3.56. The van der Waals surface area contributed by atoms with Gasteiger partial charge in [0, 0.05) is 24.2 Å². The second-order valence-corrected chi connectivity index (χ2v) is 6.56. The van der Waals surface area contributed by atoms with E-state index in [1.807, 2.05) is 37.5 Å². The number of nitriles is 1. The Morgan fingerprint density at radius 1 is 1.22 bits per heavy atom. The van der Waals surface area contributed by atoms with Crippen molar-refractivity contribution in [1.29, 1.82) is 5.26 Å². The summed E-state index contributed by atoms with van der Waals surface area (Å²) in [5, 5.41) is 24.7. The van der Waals surface area contributed by atoms with Crippen molar-refractivity contribution in [2.75, 3.05) is 0 Å². The van der Waals surface area contributed by atoms with E-state index in [0.717, 1.165) is 11.1 Å². The van der Waals surface area contributed by atoms with Gasteiger partial charge in [-0.1, -0.05) is 29.8 Å². The maximum Gasteiger partial charge on any atom is 0.260 e. The minimum absolute atomic E-state index is 0.138. The van der Waals surface area contributed by atoms with Crippen LogP contribution in [0.25, 0.3) is 33.2 Å². The number of aryl methyl sites for hydroxylation is 1. The average Bonchev–Trinajstić information content (AvgIpc) is 3.08.